The molecule has 1 unspecified atom stereocenters. The fourth-order valence-electron chi connectivity index (χ4n) is 5.14. The number of benzene rings is 1. The maximum absolute atomic E-state index is 12.6. The fraction of sp³-hybridized carbons (Fsp3) is 0.696. The van der Waals surface area contributed by atoms with Crippen LogP contribution < -0.4 is 5.76 Å². The molecule has 1 atom stereocenters. The van der Waals surface area contributed by atoms with Gasteiger partial charge in [0.05, 0.1) is 16.6 Å². The van der Waals surface area contributed by atoms with Gasteiger partial charge in [0.2, 0.25) is 0 Å². The Bertz CT molecular complexity index is 1010. The van der Waals surface area contributed by atoms with Crippen LogP contribution in [-0.4, -0.2) is 50.7 Å². The number of hydrogen-bond acceptors (Lipinski definition) is 5. The summed E-state index contributed by atoms with van der Waals surface area (Å²) >= 11 is 7.10. The Hall–Kier alpha value is -1.15. The van der Waals surface area contributed by atoms with Gasteiger partial charge in [0.25, 0.3) is 0 Å². The van der Waals surface area contributed by atoms with Gasteiger partial charge in [-0.1, -0.05) is 0 Å². The number of hydrogen-bond donors (Lipinski definition) is 0. The zero-order valence-corrected chi connectivity index (χ0v) is 19.6. The highest BCUT2D eigenvalue weighted by atomic mass is 35.5. The minimum absolute atomic E-state index is 0.0732. The topological polar surface area (TPSA) is 64.7 Å². The van der Waals surface area contributed by atoms with E-state index in [4.69, 9.17) is 20.8 Å². The van der Waals surface area contributed by atoms with Crippen molar-refractivity contribution in [3.05, 3.63) is 28.7 Å². The Morgan fingerprint density at radius 3 is 2.52 bits per heavy atom. The monoisotopic (exact) mass is 466 g/mol. The van der Waals surface area contributed by atoms with E-state index in [9.17, 15) is 9.00 Å². The molecule has 0 amide bonds. The quantitative estimate of drug-likeness (QED) is 0.469. The van der Waals surface area contributed by atoms with Gasteiger partial charge in [-0.05, 0) is 75.5 Å². The lowest BCUT2D eigenvalue weighted by Crippen LogP contribution is -2.51. The molecule has 2 aliphatic carbocycles. The van der Waals surface area contributed by atoms with Crippen molar-refractivity contribution in [2.24, 2.45) is 5.92 Å². The predicted octanol–water partition coefficient (Wildman–Crippen LogP) is 4.27. The van der Waals surface area contributed by atoms with E-state index in [1.165, 1.54) is 12.8 Å². The summed E-state index contributed by atoms with van der Waals surface area (Å²) < 4.78 is 25.2. The average molecular weight is 467 g/mol. The number of halogens is 1. The van der Waals surface area contributed by atoms with E-state index in [1.807, 2.05) is 6.07 Å². The van der Waals surface area contributed by atoms with E-state index in [2.05, 4.69) is 4.90 Å². The molecular weight excluding hydrogens is 436 g/mol. The summed E-state index contributed by atoms with van der Waals surface area (Å²) in [5.41, 5.74) is 1.30. The molecule has 0 radical (unpaired) electrons. The van der Waals surface area contributed by atoms with Crippen molar-refractivity contribution in [3.8, 4) is 0 Å². The largest absolute Gasteiger partial charge is 0.420 e. The molecule has 8 heteroatoms. The summed E-state index contributed by atoms with van der Waals surface area (Å²) in [4.78, 5) is 15.4. The van der Waals surface area contributed by atoms with E-state index in [-0.39, 0.29) is 16.8 Å². The highest BCUT2D eigenvalue weighted by Crippen LogP contribution is 2.41. The van der Waals surface area contributed by atoms with E-state index in [1.54, 1.807) is 23.0 Å². The minimum atomic E-state index is -1.10. The van der Waals surface area contributed by atoms with Gasteiger partial charge in [0.1, 0.15) is 0 Å². The number of rotatable bonds is 6. The van der Waals surface area contributed by atoms with E-state index >= 15 is 0 Å². The van der Waals surface area contributed by atoms with Crippen molar-refractivity contribution in [1.82, 2.24) is 9.47 Å². The maximum Gasteiger partial charge on any atom is 0.420 e. The Labute approximate surface area is 190 Å². The molecule has 0 N–H and O–H groups in total. The van der Waals surface area contributed by atoms with Gasteiger partial charge in [-0.2, -0.15) is 0 Å². The van der Waals surface area contributed by atoms with Gasteiger partial charge in [0.15, 0.2) is 5.58 Å². The summed E-state index contributed by atoms with van der Waals surface area (Å²) in [5, 5.41) is 0. The highest BCUT2D eigenvalue weighted by Gasteiger charge is 2.41. The predicted molar refractivity (Wildman–Crippen MR) is 122 cm³/mol. The third-order valence-electron chi connectivity index (χ3n) is 7.28. The Morgan fingerprint density at radius 2 is 1.87 bits per heavy atom. The standard InChI is InChI=1S/C23H31ClN2O4S/c1-31(28)19-4-5-21-20(14-19)26(22(27)30-21)17-8-12-25(13-9-17)23(24)10-6-18(7-11-23)29-15-16-2-3-16/h4-5,14,16-18H,2-3,6-13,15H2,1H3. The van der Waals surface area contributed by atoms with E-state index < -0.39 is 10.8 Å². The molecule has 1 aliphatic heterocycles. The van der Waals surface area contributed by atoms with Crippen LogP contribution in [-0.2, 0) is 15.5 Å². The van der Waals surface area contributed by atoms with Crippen LogP contribution in [0.25, 0.3) is 11.1 Å². The molecule has 5 rings (SSSR count). The zero-order valence-electron chi connectivity index (χ0n) is 18.1. The van der Waals surface area contributed by atoms with Crippen LogP contribution in [0.1, 0.15) is 57.4 Å². The van der Waals surface area contributed by atoms with Crippen molar-refractivity contribution in [1.29, 1.82) is 0 Å². The summed E-state index contributed by atoms with van der Waals surface area (Å²) in [6.45, 7) is 2.65. The number of alkyl halides is 1. The Balaban J connectivity index is 1.23. The molecule has 170 valence electrons. The molecule has 3 fully saturated rings. The molecule has 0 spiro atoms. The summed E-state index contributed by atoms with van der Waals surface area (Å²) in [6, 6.07) is 5.41. The molecule has 1 saturated heterocycles. The van der Waals surface area contributed by atoms with E-state index in [0.717, 1.165) is 69.7 Å². The SMILES string of the molecule is CS(=O)c1ccc2oc(=O)n(C3CCN(C4(Cl)CCC(OCC5CC5)CC4)CC3)c2c1. The molecule has 1 aromatic heterocycles. The van der Waals surface area contributed by atoms with Crippen LogP contribution in [0.5, 0.6) is 0 Å². The van der Waals surface area contributed by atoms with Crippen LogP contribution >= 0.6 is 11.6 Å². The molecule has 6 nitrogen and oxygen atoms in total. The van der Waals surface area contributed by atoms with Crippen molar-refractivity contribution >= 4 is 33.5 Å². The van der Waals surface area contributed by atoms with Crippen LogP contribution in [0.2, 0.25) is 0 Å². The van der Waals surface area contributed by atoms with E-state index in [0.29, 0.717) is 16.6 Å². The second kappa shape index (κ2) is 8.65. The van der Waals surface area contributed by atoms with Crippen LogP contribution in [0, 0.1) is 5.92 Å². The smallest absolute Gasteiger partial charge is 0.408 e. The number of nitrogens with zero attached hydrogens (tertiary/aromatic N) is 2. The lowest BCUT2D eigenvalue weighted by molar-refractivity contribution is -0.0128. The molecule has 31 heavy (non-hydrogen) atoms. The number of ether oxygens (including phenoxy) is 1. The number of aromatic nitrogens is 1. The summed E-state index contributed by atoms with van der Waals surface area (Å²) in [6.07, 6.45) is 10.3. The first-order valence-electron chi connectivity index (χ1n) is 11.5. The molecule has 0 bridgehead atoms. The van der Waals surface area contributed by atoms with Gasteiger partial charge >= 0.3 is 5.76 Å². The molecule has 3 aliphatic rings. The number of fused-ring (bicyclic) bond motifs is 1. The van der Waals surface area contributed by atoms with Crippen LogP contribution in [0.3, 0.4) is 0 Å². The first-order chi connectivity index (χ1) is 14.9. The van der Waals surface area contributed by atoms with Crippen molar-refractivity contribution in [2.75, 3.05) is 26.0 Å². The third-order valence-corrected chi connectivity index (χ3v) is 8.81. The average Bonchev–Trinajstić information content (AvgIpc) is 3.54. The van der Waals surface area contributed by atoms with Gasteiger partial charge in [0, 0.05) is 47.7 Å². The maximum atomic E-state index is 12.6. The Morgan fingerprint density at radius 1 is 1.16 bits per heavy atom. The second-order valence-corrected chi connectivity index (χ2v) is 11.5. The molecule has 1 aromatic carbocycles. The third kappa shape index (κ3) is 4.52. The van der Waals surface area contributed by atoms with Crippen molar-refractivity contribution in [2.45, 2.75) is 73.4 Å². The second-order valence-electron chi connectivity index (χ2n) is 9.43. The summed E-state index contributed by atoms with van der Waals surface area (Å²) in [5.74, 6) is 0.471. The van der Waals surface area contributed by atoms with Gasteiger partial charge in [-0.3, -0.25) is 13.7 Å². The number of likely N-dealkylation sites (tertiary alicyclic amines) is 1. The van der Waals surface area contributed by atoms with Crippen LogP contribution in [0.15, 0.2) is 32.3 Å². The van der Waals surface area contributed by atoms with Gasteiger partial charge in [-0.15, -0.1) is 11.6 Å². The lowest BCUT2D eigenvalue weighted by atomic mass is 9.89. The van der Waals surface area contributed by atoms with Crippen molar-refractivity contribution < 1.29 is 13.4 Å². The molecular formula is C23H31ClN2O4S. The molecule has 2 saturated carbocycles. The first kappa shape index (κ1) is 21.7. The number of oxazole rings is 1. The fourth-order valence-corrected chi connectivity index (χ4v) is 6.06. The Kier molecular flexibility index (Phi) is 6.05. The number of piperidine rings is 1. The zero-order chi connectivity index (χ0) is 21.6. The molecule has 2 aromatic rings. The lowest BCUT2D eigenvalue weighted by Gasteiger charge is -2.46. The first-order valence-corrected chi connectivity index (χ1v) is 13.4. The van der Waals surface area contributed by atoms with Crippen molar-refractivity contribution in [3.63, 3.8) is 0 Å². The summed E-state index contributed by atoms with van der Waals surface area (Å²) in [7, 11) is -1.10. The highest BCUT2D eigenvalue weighted by molar-refractivity contribution is 7.84. The normalized spacial score (nSPS) is 29.4. The minimum Gasteiger partial charge on any atom is -0.408 e. The molecule has 2 heterocycles. The van der Waals surface area contributed by atoms with Gasteiger partial charge in [-0.25, -0.2) is 4.79 Å². The van der Waals surface area contributed by atoms with Crippen LogP contribution in [0.4, 0.5) is 0 Å². The van der Waals surface area contributed by atoms with Gasteiger partial charge < -0.3 is 9.15 Å².